The molecule has 0 amide bonds. The van der Waals surface area contributed by atoms with Crippen molar-refractivity contribution in [3.63, 3.8) is 0 Å². The van der Waals surface area contributed by atoms with Crippen molar-refractivity contribution in [3.8, 4) is 11.9 Å². The van der Waals surface area contributed by atoms with Crippen molar-refractivity contribution in [2.45, 2.75) is 38.6 Å². The van der Waals surface area contributed by atoms with Gasteiger partial charge in [-0.3, -0.25) is 4.90 Å². The molecule has 0 spiro atoms. The lowest BCUT2D eigenvalue weighted by Crippen LogP contribution is -2.32. The van der Waals surface area contributed by atoms with Crippen LogP contribution in [0.3, 0.4) is 0 Å². The Labute approximate surface area is 254 Å². The van der Waals surface area contributed by atoms with E-state index in [2.05, 4.69) is 15.5 Å². The van der Waals surface area contributed by atoms with Gasteiger partial charge in [-0.05, 0) is 66.6 Å². The molecule has 4 aromatic rings. The van der Waals surface area contributed by atoms with Gasteiger partial charge in [0.05, 0.1) is 60.2 Å². The summed E-state index contributed by atoms with van der Waals surface area (Å²) in [6.07, 6.45) is 4.44. The molecule has 10 heteroatoms. The Morgan fingerprint density at radius 3 is 2.80 bits per heavy atom. The zero-order valence-corrected chi connectivity index (χ0v) is 24.4. The Morgan fingerprint density at radius 1 is 1.16 bits per heavy atom. The number of imidazole rings is 1. The number of ether oxygens (including phenoxy) is 3. The molecule has 0 bridgehead atoms. The third kappa shape index (κ3) is 5.56. The quantitative estimate of drug-likeness (QED) is 0.246. The number of hydrogen-bond donors (Lipinski definition) is 0. The minimum absolute atomic E-state index is 0.0366. The van der Waals surface area contributed by atoms with Crippen LogP contribution in [0.2, 0.25) is 0 Å². The van der Waals surface area contributed by atoms with Gasteiger partial charge in [0.2, 0.25) is 5.88 Å². The largest absolute Gasteiger partial charge is 0.473 e. The smallest absolute Gasteiger partial charge is 0.337 e. The van der Waals surface area contributed by atoms with Crippen molar-refractivity contribution in [3.05, 3.63) is 94.7 Å². The maximum absolute atomic E-state index is 14.3. The summed E-state index contributed by atoms with van der Waals surface area (Å²) in [7, 11) is 1.39. The topological polar surface area (TPSA) is 102 Å². The monoisotopic (exact) mass is 593 g/mol. The Morgan fingerprint density at radius 2 is 2.05 bits per heavy atom. The van der Waals surface area contributed by atoms with Crippen LogP contribution in [0.4, 0.5) is 4.39 Å². The van der Waals surface area contributed by atoms with Crippen molar-refractivity contribution in [1.29, 1.82) is 5.26 Å². The van der Waals surface area contributed by atoms with Crippen molar-refractivity contribution in [2.24, 2.45) is 11.8 Å². The average molecular weight is 594 g/mol. The van der Waals surface area contributed by atoms with Gasteiger partial charge < -0.3 is 18.8 Å². The minimum atomic E-state index is -0.464. The first-order valence-corrected chi connectivity index (χ1v) is 14.9. The van der Waals surface area contributed by atoms with Gasteiger partial charge in [-0.1, -0.05) is 18.2 Å². The van der Waals surface area contributed by atoms with Crippen molar-refractivity contribution >= 4 is 22.6 Å². The van der Waals surface area contributed by atoms with E-state index >= 15 is 0 Å². The van der Waals surface area contributed by atoms with E-state index in [4.69, 9.17) is 29.4 Å². The Balaban J connectivity index is 1.03. The fourth-order valence-corrected chi connectivity index (χ4v) is 6.46. The number of carbonyl (C=O) groups is 1. The van der Waals surface area contributed by atoms with Gasteiger partial charge in [0, 0.05) is 31.3 Å². The Kier molecular flexibility index (Phi) is 7.58. The number of halogens is 1. The molecule has 7 rings (SSSR count). The molecule has 2 saturated heterocycles. The normalized spacial score (nSPS) is 21.0. The first-order valence-electron chi connectivity index (χ1n) is 14.9. The van der Waals surface area contributed by atoms with E-state index in [0.717, 1.165) is 61.6 Å². The molecular formula is C34H32FN5O4. The maximum atomic E-state index is 14.3. The van der Waals surface area contributed by atoms with Crippen LogP contribution in [0.1, 0.15) is 45.8 Å². The van der Waals surface area contributed by atoms with Crippen LogP contribution in [0, 0.1) is 29.0 Å². The number of nitrogens with zero attached hydrogens (tertiary/aromatic N) is 5. The number of hydrogen-bond acceptors (Lipinski definition) is 8. The SMILES string of the molecule is COC(=O)c1ccc2nc(CN3CC4C=C(c5cccc(OCc6ccc(C#N)cc6F)n5)CC4C3)n(CC3CCO3)c2c1. The lowest BCUT2D eigenvalue weighted by atomic mass is 9.99. The van der Waals surface area contributed by atoms with Gasteiger partial charge in [0.25, 0.3) is 0 Å². The van der Waals surface area contributed by atoms with Crippen LogP contribution in [0.5, 0.6) is 5.88 Å². The average Bonchev–Trinajstić information content (AvgIpc) is 3.69. The molecule has 2 aromatic heterocycles. The molecular weight excluding hydrogens is 561 g/mol. The van der Waals surface area contributed by atoms with Crippen LogP contribution in [0.25, 0.3) is 16.6 Å². The summed E-state index contributed by atoms with van der Waals surface area (Å²) in [4.78, 5) is 24.3. The predicted molar refractivity (Wildman–Crippen MR) is 160 cm³/mol. The zero-order valence-electron chi connectivity index (χ0n) is 24.4. The summed E-state index contributed by atoms with van der Waals surface area (Å²) in [6, 6.07) is 17.5. The second-order valence-electron chi connectivity index (χ2n) is 11.7. The van der Waals surface area contributed by atoms with E-state index in [-0.39, 0.29) is 24.2 Å². The summed E-state index contributed by atoms with van der Waals surface area (Å²) >= 11 is 0. The number of methoxy groups -OCH3 is 1. The zero-order chi connectivity index (χ0) is 30.2. The highest BCUT2D eigenvalue weighted by atomic mass is 19.1. The molecule has 3 atom stereocenters. The van der Waals surface area contributed by atoms with E-state index in [1.54, 1.807) is 24.3 Å². The van der Waals surface area contributed by atoms with Crippen LogP contribution in [0.15, 0.2) is 60.7 Å². The number of rotatable bonds is 9. The molecule has 224 valence electrons. The molecule has 2 fully saturated rings. The predicted octanol–water partition coefficient (Wildman–Crippen LogP) is 5.13. The number of carbonyl (C=O) groups excluding carboxylic acids is 1. The molecule has 2 aliphatic heterocycles. The van der Waals surface area contributed by atoms with Gasteiger partial charge in [-0.15, -0.1) is 0 Å². The van der Waals surface area contributed by atoms with E-state index in [0.29, 0.717) is 35.4 Å². The standard InChI is InChI=1S/C34H32FN5O4/c1-42-34(41)22-7-8-30-31(14-22)40(18-27-9-10-43-27)32(37-30)19-39-16-25-12-24(13-26(25)17-39)29-3-2-4-33(38-29)44-20-23-6-5-21(15-36)11-28(23)35/h2-8,11-12,14,25-27H,9-10,13,16-20H2,1H3. The number of allylic oxidation sites excluding steroid dienone is 1. The molecule has 1 aliphatic carbocycles. The lowest BCUT2D eigenvalue weighted by Gasteiger charge is -2.28. The number of pyridine rings is 1. The molecule has 44 heavy (non-hydrogen) atoms. The summed E-state index contributed by atoms with van der Waals surface area (Å²) in [6.45, 7) is 4.13. The summed E-state index contributed by atoms with van der Waals surface area (Å²) in [5.41, 5.74) is 5.05. The molecule has 0 N–H and O–H groups in total. The number of aromatic nitrogens is 3. The van der Waals surface area contributed by atoms with Crippen LogP contribution < -0.4 is 4.74 Å². The molecule has 0 radical (unpaired) electrons. The van der Waals surface area contributed by atoms with Gasteiger partial charge in [-0.2, -0.15) is 5.26 Å². The van der Waals surface area contributed by atoms with Crippen molar-refractivity contribution < 1.29 is 23.4 Å². The fourth-order valence-electron chi connectivity index (χ4n) is 6.46. The highest BCUT2D eigenvalue weighted by Gasteiger charge is 2.37. The number of likely N-dealkylation sites (tertiary alicyclic amines) is 1. The highest BCUT2D eigenvalue weighted by Crippen LogP contribution is 2.41. The molecule has 9 nitrogen and oxygen atoms in total. The first kappa shape index (κ1) is 28.2. The molecule has 0 saturated carbocycles. The van der Waals surface area contributed by atoms with Gasteiger partial charge in [-0.25, -0.2) is 19.2 Å². The Hall–Kier alpha value is -4.59. The third-order valence-corrected chi connectivity index (χ3v) is 8.87. The highest BCUT2D eigenvalue weighted by molar-refractivity contribution is 5.93. The van der Waals surface area contributed by atoms with Crippen molar-refractivity contribution in [1.82, 2.24) is 19.4 Å². The van der Waals surface area contributed by atoms with Crippen LogP contribution in [-0.2, 0) is 29.2 Å². The minimum Gasteiger partial charge on any atom is -0.473 e. The van der Waals surface area contributed by atoms with E-state index in [9.17, 15) is 9.18 Å². The van der Waals surface area contributed by atoms with E-state index in [1.807, 2.05) is 30.3 Å². The second kappa shape index (κ2) is 11.8. The van der Waals surface area contributed by atoms with E-state index < -0.39 is 5.82 Å². The van der Waals surface area contributed by atoms with Crippen molar-refractivity contribution in [2.75, 3.05) is 26.8 Å². The van der Waals surface area contributed by atoms with Gasteiger partial charge in [0.15, 0.2) is 0 Å². The number of benzene rings is 2. The molecule has 3 unspecified atom stereocenters. The van der Waals surface area contributed by atoms with Crippen LogP contribution >= 0.6 is 0 Å². The van der Waals surface area contributed by atoms with Crippen LogP contribution in [-0.4, -0.2) is 58.3 Å². The summed E-state index contributed by atoms with van der Waals surface area (Å²) < 4.78 is 33.0. The molecule has 4 heterocycles. The fraction of sp³-hybridized carbons (Fsp3) is 0.353. The lowest BCUT2D eigenvalue weighted by molar-refractivity contribution is -0.0591. The second-order valence-corrected chi connectivity index (χ2v) is 11.7. The number of fused-ring (bicyclic) bond motifs is 2. The van der Waals surface area contributed by atoms with E-state index in [1.165, 1.54) is 18.7 Å². The first-order chi connectivity index (χ1) is 21.5. The molecule has 3 aliphatic rings. The molecule has 2 aromatic carbocycles. The van der Waals surface area contributed by atoms with Gasteiger partial charge in [0.1, 0.15) is 18.2 Å². The maximum Gasteiger partial charge on any atom is 0.337 e. The number of nitriles is 1. The Bertz CT molecular complexity index is 1810. The summed E-state index contributed by atoms with van der Waals surface area (Å²) in [5, 5.41) is 8.96. The van der Waals surface area contributed by atoms with Gasteiger partial charge >= 0.3 is 5.97 Å². The third-order valence-electron chi connectivity index (χ3n) is 8.87. The number of esters is 1. The summed E-state index contributed by atoms with van der Waals surface area (Å²) in [5.74, 6) is 1.50.